The fourth-order valence-electron chi connectivity index (χ4n) is 6.74. The molecule has 43 heavy (non-hydrogen) atoms. The maximum absolute atomic E-state index is 5.32. The summed E-state index contributed by atoms with van der Waals surface area (Å²) < 4.78 is 7.54. The van der Waals surface area contributed by atoms with Gasteiger partial charge in [0.2, 0.25) is 5.95 Å². The van der Waals surface area contributed by atoms with E-state index in [0.29, 0.717) is 5.95 Å². The fraction of sp³-hybridized carbons (Fsp3) is 0. The molecule has 0 aliphatic rings. The largest absolute Gasteiger partial charge is 0.278 e. The quantitative estimate of drug-likeness (QED) is 0.203. The van der Waals surface area contributed by atoms with Crippen molar-refractivity contribution < 1.29 is 0 Å². The molecule has 0 bridgehead atoms. The van der Waals surface area contributed by atoms with Gasteiger partial charge in [0, 0.05) is 62.1 Å². The molecule has 10 rings (SSSR count). The van der Waals surface area contributed by atoms with Crippen LogP contribution in [0.15, 0.2) is 127 Å². The standard InChI is InChI=1S/C38H21N3S2/c1-2-10-22(11-3-1)35-27-14-4-7-15-28(27)39-38(40-35)41-29-20-18-25-23-12-5-8-16-31(23)42-36(25)33(29)34-30(41)21-19-26-24-13-6-9-17-32(24)43-37(26)34/h1-21H. The van der Waals surface area contributed by atoms with Gasteiger partial charge in [-0.3, -0.25) is 4.57 Å². The van der Waals surface area contributed by atoms with Crippen LogP contribution in [0, 0.1) is 0 Å². The normalized spacial score (nSPS) is 12.2. The highest BCUT2D eigenvalue weighted by molar-refractivity contribution is 7.28. The van der Waals surface area contributed by atoms with E-state index in [4.69, 9.17) is 9.97 Å². The Kier molecular flexibility index (Phi) is 4.75. The van der Waals surface area contributed by atoms with E-state index in [1.165, 1.54) is 51.1 Å². The summed E-state index contributed by atoms with van der Waals surface area (Å²) in [7, 11) is 0. The summed E-state index contributed by atoms with van der Waals surface area (Å²) in [4.78, 5) is 10.5. The molecule has 0 aliphatic heterocycles. The number of benzene rings is 6. The zero-order chi connectivity index (χ0) is 28.1. The number of hydrogen-bond donors (Lipinski definition) is 0. The third kappa shape index (κ3) is 3.23. The van der Waals surface area contributed by atoms with Gasteiger partial charge in [-0.25, -0.2) is 9.97 Å². The van der Waals surface area contributed by atoms with Crippen molar-refractivity contribution in [2.45, 2.75) is 0 Å². The smallest absolute Gasteiger partial charge is 0.235 e. The Bertz CT molecular complexity index is 2600. The Morgan fingerprint density at radius 2 is 0.977 bits per heavy atom. The van der Waals surface area contributed by atoms with Crippen molar-refractivity contribution in [3.63, 3.8) is 0 Å². The summed E-state index contributed by atoms with van der Waals surface area (Å²) in [6, 6.07) is 45.4. The van der Waals surface area contributed by atoms with Crippen molar-refractivity contribution in [1.29, 1.82) is 0 Å². The molecule has 0 amide bonds. The zero-order valence-corrected chi connectivity index (χ0v) is 24.4. The van der Waals surface area contributed by atoms with Crippen molar-refractivity contribution >= 4 is 95.7 Å². The van der Waals surface area contributed by atoms with E-state index in [1.54, 1.807) is 0 Å². The molecule has 10 aromatic rings. The van der Waals surface area contributed by atoms with Gasteiger partial charge in [0.25, 0.3) is 0 Å². The van der Waals surface area contributed by atoms with Crippen LogP contribution in [0.4, 0.5) is 0 Å². The minimum absolute atomic E-state index is 0.693. The molecule has 5 heteroatoms. The molecule has 0 N–H and O–H groups in total. The van der Waals surface area contributed by atoms with Gasteiger partial charge < -0.3 is 0 Å². The summed E-state index contributed by atoms with van der Waals surface area (Å²) in [5.41, 5.74) is 5.23. The van der Waals surface area contributed by atoms with Gasteiger partial charge in [0.1, 0.15) is 0 Å². The summed E-state index contributed by atoms with van der Waals surface area (Å²) in [5.74, 6) is 0.693. The van der Waals surface area contributed by atoms with Crippen molar-refractivity contribution in [3.05, 3.63) is 127 Å². The molecule has 0 aliphatic carbocycles. The molecule has 0 saturated carbocycles. The SMILES string of the molecule is c1ccc(-c2nc(-n3c4ccc5c6ccccc6sc5c4c4c5sc6ccccc6c5ccc43)nc3ccccc23)cc1. The van der Waals surface area contributed by atoms with Gasteiger partial charge in [0.05, 0.1) is 22.2 Å². The van der Waals surface area contributed by atoms with E-state index >= 15 is 0 Å². The van der Waals surface area contributed by atoms with Gasteiger partial charge >= 0.3 is 0 Å². The second-order valence-electron chi connectivity index (χ2n) is 11.0. The van der Waals surface area contributed by atoms with Gasteiger partial charge in [-0.2, -0.15) is 0 Å². The zero-order valence-electron chi connectivity index (χ0n) is 22.8. The molecule has 4 heterocycles. The first-order valence-electron chi connectivity index (χ1n) is 14.3. The van der Waals surface area contributed by atoms with Crippen LogP contribution in [0.2, 0.25) is 0 Å². The molecule has 0 fully saturated rings. The number of fused-ring (bicyclic) bond motifs is 12. The van der Waals surface area contributed by atoms with Gasteiger partial charge in [-0.15, -0.1) is 22.7 Å². The summed E-state index contributed by atoms with van der Waals surface area (Å²) in [6.45, 7) is 0. The highest BCUT2D eigenvalue weighted by Crippen LogP contribution is 2.48. The van der Waals surface area contributed by atoms with Crippen LogP contribution in [0.1, 0.15) is 0 Å². The monoisotopic (exact) mass is 583 g/mol. The van der Waals surface area contributed by atoms with Crippen molar-refractivity contribution in [2.24, 2.45) is 0 Å². The minimum Gasteiger partial charge on any atom is -0.278 e. The van der Waals surface area contributed by atoms with E-state index in [2.05, 4.69) is 126 Å². The molecule has 0 saturated heterocycles. The first-order valence-corrected chi connectivity index (χ1v) is 16.0. The summed E-state index contributed by atoms with van der Waals surface area (Å²) in [5, 5.41) is 8.83. The maximum Gasteiger partial charge on any atom is 0.235 e. The Morgan fingerprint density at radius 3 is 1.60 bits per heavy atom. The topological polar surface area (TPSA) is 30.7 Å². The first kappa shape index (κ1) is 23.5. The molecule has 3 nitrogen and oxygen atoms in total. The molecule has 6 aromatic carbocycles. The highest BCUT2D eigenvalue weighted by Gasteiger charge is 2.23. The first-order chi connectivity index (χ1) is 21.3. The van der Waals surface area contributed by atoms with E-state index < -0.39 is 0 Å². The lowest BCUT2D eigenvalue weighted by Gasteiger charge is -2.11. The van der Waals surface area contributed by atoms with Crippen LogP contribution >= 0.6 is 22.7 Å². The summed E-state index contributed by atoms with van der Waals surface area (Å²) >= 11 is 3.77. The number of rotatable bonds is 2. The Morgan fingerprint density at radius 1 is 0.442 bits per heavy atom. The average Bonchev–Trinajstić information content (AvgIpc) is 3.74. The molecular weight excluding hydrogens is 563 g/mol. The summed E-state index contributed by atoms with van der Waals surface area (Å²) in [6.07, 6.45) is 0. The molecule has 200 valence electrons. The molecule has 4 aromatic heterocycles. The average molecular weight is 584 g/mol. The lowest BCUT2D eigenvalue weighted by atomic mass is 10.1. The molecule has 0 atom stereocenters. The van der Waals surface area contributed by atoms with Crippen LogP contribution in [0.25, 0.3) is 90.3 Å². The van der Waals surface area contributed by atoms with E-state index in [9.17, 15) is 0 Å². The van der Waals surface area contributed by atoms with Gasteiger partial charge in [0.15, 0.2) is 0 Å². The fourth-order valence-corrected chi connectivity index (χ4v) is 9.24. The van der Waals surface area contributed by atoms with Gasteiger partial charge in [-0.1, -0.05) is 97.1 Å². The molecular formula is C38H21N3S2. The predicted molar refractivity (Wildman–Crippen MR) is 185 cm³/mol. The Hall–Kier alpha value is -5.10. The van der Waals surface area contributed by atoms with Crippen molar-refractivity contribution in [2.75, 3.05) is 0 Å². The lowest BCUT2D eigenvalue weighted by molar-refractivity contribution is 1.01. The van der Waals surface area contributed by atoms with Gasteiger partial charge in [-0.05, 0) is 30.3 Å². The highest BCUT2D eigenvalue weighted by atomic mass is 32.1. The predicted octanol–water partition coefficient (Wildman–Crippen LogP) is 11.1. The minimum atomic E-state index is 0.693. The van der Waals surface area contributed by atoms with Crippen LogP contribution in [-0.2, 0) is 0 Å². The van der Waals surface area contributed by atoms with E-state index in [0.717, 1.165) is 33.2 Å². The number of nitrogens with zero attached hydrogens (tertiary/aromatic N) is 3. The second kappa shape index (κ2) is 8.71. The van der Waals surface area contributed by atoms with Crippen molar-refractivity contribution in [3.8, 4) is 17.2 Å². The van der Waals surface area contributed by atoms with E-state index in [1.807, 2.05) is 28.7 Å². The molecule has 0 radical (unpaired) electrons. The number of hydrogen-bond acceptors (Lipinski definition) is 4. The van der Waals surface area contributed by atoms with Crippen molar-refractivity contribution in [1.82, 2.24) is 14.5 Å². The molecule has 0 unspecified atom stereocenters. The van der Waals surface area contributed by atoms with Crippen LogP contribution < -0.4 is 0 Å². The number of aromatic nitrogens is 3. The van der Waals surface area contributed by atoms with Crippen LogP contribution in [0.3, 0.4) is 0 Å². The number of thiophene rings is 2. The number of para-hydroxylation sites is 1. The van der Waals surface area contributed by atoms with Crippen LogP contribution in [0.5, 0.6) is 0 Å². The Labute approximate surface area is 253 Å². The third-order valence-electron chi connectivity index (χ3n) is 8.62. The molecule has 0 spiro atoms. The van der Waals surface area contributed by atoms with Crippen LogP contribution in [-0.4, -0.2) is 14.5 Å². The Balaban J connectivity index is 1.42. The lowest BCUT2D eigenvalue weighted by Crippen LogP contribution is -2.03. The maximum atomic E-state index is 5.32. The third-order valence-corrected chi connectivity index (χ3v) is 11.0. The van der Waals surface area contributed by atoms with E-state index in [-0.39, 0.29) is 0 Å². The second-order valence-corrected chi connectivity index (χ2v) is 13.1.